The number of hydrogen-bond acceptors (Lipinski definition) is 3. The van der Waals surface area contributed by atoms with Crippen LogP contribution in [-0.4, -0.2) is 36.5 Å². The highest BCUT2D eigenvalue weighted by Crippen LogP contribution is 2.23. The molecule has 0 N–H and O–H groups in total. The molecule has 0 fully saturated rings. The molecule has 4 nitrogen and oxygen atoms in total. The van der Waals surface area contributed by atoms with E-state index in [0.717, 1.165) is 51.6 Å². The Balaban J connectivity index is 4.02. The summed E-state index contributed by atoms with van der Waals surface area (Å²) in [5.41, 5.74) is 0. The average Bonchev–Trinajstić information content (AvgIpc) is 3.38. The Morgan fingerprint density at radius 2 is 0.597 bits per heavy atom. The SMILES string of the molecule is CCC/C=C/CCCCCCCCCCCCCCCCCCCCCCCCCCCCCCCCCCCC(CC(=O)OCCCCCCCC)C(=O)N(CCCCCCCC)CCCCCCCC. The molecule has 0 spiro atoms. The molecule has 1 amide bonds. The van der Waals surface area contributed by atoms with Gasteiger partial charge in [0.1, 0.15) is 0 Å². The zero-order valence-electron chi connectivity index (χ0n) is 50.1. The second kappa shape index (κ2) is 62.2. The van der Waals surface area contributed by atoms with Crippen molar-refractivity contribution in [3.8, 4) is 0 Å². The summed E-state index contributed by atoms with van der Waals surface area (Å²) < 4.78 is 5.75. The third-order valence-electron chi connectivity index (χ3n) is 15.9. The molecule has 0 radical (unpaired) electrons. The minimum atomic E-state index is -0.227. The predicted octanol–water partition coefficient (Wildman–Crippen LogP) is 23.5. The van der Waals surface area contributed by atoms with Gasteiger partial charge in [-0.3, -0.25) is 9.59 Å². The fraction of sp³-hybridized carbons (Fsp3) is 0.941. The van der Waals surface area contributed by atoms with E-state index in [-0.39, 0.29) is 24.2 Å². The molecule has 4 heteroatoms. The van der Waals surface area contributed by atoms with Crippen molar-refractivity contribution in [2.75, 3.05) is 19.7 Å². The van der Waals surface area contributed by atoms with Crippen molar-refractivity contribution in [2.24, 2.45) is 5.92 Å². The van der Waals surface area contributed by atoms with Crippen LogP contribution < -0.4 is 0 Å². The lowest BCUT2D eigenvalue weighted by Crippen LogP contribution is -2.38. The lowest BCUT2D eigenvalue weighted by atomic mass is 9.95. The number of carbonyl (C=O) groups excluding carboxylic acids is 2. The Kier molecular flexibility index (Phi) is 61.1. The third-order valence-corrected chi connectivity index (χ3v) is 15.9. The number of amides is 1. The van der Waals surface area contributed by atoms with Crippen LogP contribution in [-0.2, 0) is 14.3 Å². The van der Waals surface area contributed by atoms with Crippen molar-refractivity contribution in [2.45, 2.75) is 387 Å². The summed E-state index contributed by atoms with van der Waals surface area (Å²) in [4.78, 5) is 29.5. The van der Waals surface area contributed by atoms with Gasteiger partial charge in [0.05, 0.1) is 13.0 Å². The zero-order valence-corrected chi connectivity index (χ0v) is 50.1. The molecule has 0 aromatic carbocycles. The Labute approximate surface area is 454 Å². The van der Waals surface area contributed by atoms with Gasteiger partial charge in [0.25, 0.3) is 0 Å². The number of nitrogens with zero attached hydrogens (tertiary/aromatic N) is 1. The molecule has 0 bridgehead atoms. The molecule has 0 aliphatic rings. The lowest BCUT2D eigenvalue weighted by Gasteiger charge is -2.27. The first-order chi connectivity index (χ1) is 35.6. The Morgan fingerprint density at radius 1 is 0.319 bits per heavy atom. The van der Waals surface area contributed by atoms with Gasteiger partial charge in [-0.25, -0.2) is 0 Å². The first kappa shape index (κ1) is 70.7. The topological polar surface area (TPSA) is 46.6 Å². The van der Waals surface area contributed by atoms with Crippen LogP contribution in [0.2, 0.25) is 0 Å². The Morgan fingerprint density at radius 3 is 0.931 bits per heavy atom. The second-order valence-electron chi connectivity index (χ2n) is 23.3. The maximum Gasteiger partial charge on any atom is 0.306 e. The highest BCUT2D eigenvalue weighted by atomic mass is 16.5. The number of carbonyl (C=O) groups is 2. The van der Waals surface area contributed by atoms with Gasteiger partial charge < -0.3 is 9.64 Å². The van der Waals surface area contributed by atoms with Crippen LogP contribution in [0.4, 0.5) is 0 Å². The highest BCUT2D eigenvalue weighted by molar-refractivity contribution is 5.83. The van der Waals surface area contributed by atoms with Crippen molar-refractivity contribution in [1.29, 1.82) is 0 Å². The van der Waals surface area contributed by atoms with E-state index < -0.39 is 0 Å². The molecule has 0 aliphatic carbocycles. The van der Waals surface area contributed by atoms with E-state index in [2.05, 4.69) is 44.7 Å². The van der Waals surface area contributed by atoms with Gasteiger partial charge in [-0.15, -0.1) is 0 Å². The number of ether oxygens (including phenoxy) is 1. The van der Waals surface area contributed by atoms with Crippen molar-refractivity contribution >= 4 is 11.9 Å². The molecule has 0 saturated carbocycles. The van der Waals surface area contributed by atoms with Crippen molar-refractivity contribution in [1.82, 2.24) is 4.90 Å². The molecule has 0 rings (SSSR count). The molecule has 1 unspecified atom stereocenters. The quantitative estimate of drug-likeness (QED) is 0.0346. The van der Waals surface area contributed by atoms with Crippen molar-refractivity contribution < 1.29 is 14.3 Å². The van der Waals surface area contributed by atoms with Gasteiger partial charge in [-0.05, 0) is 44.9 Å². The molecule has 0 aromatic rings. The first-order valence-corrected chi connectivity index (χ1v) is 33.7. The summed E-state index contributed by atoms with van der Waals surface area (Å²) in [6, 6.07) is 0. The van der Waals surface area contributed by atoms with E-state index in [4.69, 9.17) is 4.74 Å². The Hall–Kier alpha value is -1.32. The van der Waals surface area contributed by atoms with Gasteiger partial charge in [0, 0.05) is 19.0 Å². The van der Waals surface area contributed by atoms with E-state index in [1.165, 1.54) is 315 Å². The van der Waals surface area contributed by atoms with Gasteiger partial charge in [-0.2, -0.15) is 0 Å². The number of hydrogen-bond donors (Lipinski definition) is 0. The van der Waals surface area contributed by atoms with Crippen LogP contribution in [0, 0.1) is 5.92 Å². The number of allylic oxidation sites excluding steroid dienone is 2. The number of unbranched alkanes of at least 4 members (excludes halogenated alkanes) is 49. The largest absolute Gasteiger partial charge is 0.466 e. The molecule has 72 heavy (non-hydrogen) atoms. The summed E-state index contributed by atoms with van der Waals surface area (Å²) in [6.45, 7) is 11.2. The summed E-state index contributed by atoms with van der Waals surface area (Å²) in [7, 11) is 0. The average molecular weight is 1010 g/mol. The van der Waals surface area contributed by atoms with Crippen LogP contribution in [0.15, 0.2) is 12.2 Å². The van der Waals surface area contributed by atoms with Crippen molar-refractivity contribution in [3.05, 3.63) is 12.2 Å². The molecular formula is C68H133NO3. The zero-order chi connectivity index (χ0) is 52.2. The molecule has 0 saturated heterocycles. The van der Waals surface area contributed by atoms with Crippen molar-refractivity contribution in [3.63, 3.8) is 0 Å². The number of esters is 1. The molecule has 1 atom stereocenters. The maximum absolute atomic E-state index is 14.2. The summed E-state index contributed by atoms with van der Waals surface area (Å²) in [5, 5.41) is 0. The fourth-order valence-electron chi connectivity index (χ4n) is 10.9. The van der Waals surface area contributed by atoms with Gasteiger partial charge in [0.15, 0.2) is 0 Å². The first-order valence-electron chi connectivity index (χ1n) is 33.7. The van der Waals surface area contributed by atoms with Crippen LogP contribution in [0.25, 0.3) is 0 Å². The molecule has 0 heterocycles. The molecular weight excluding hydrogens is 879 g/mol. The molecule has 0 aliphatic heterocycles. The third kappa shape index (κ3) is 54.9. The minimum Gasteiger partial charge on any atom is -0.466 e. The fourth-order valence-corrected chi connectivity index (χ4v) is 10.9. The van der Waals surface area contributed by atoms with E-state index in [1.54, 1.807) is 0 Å². The van der Waals surface area contributed by atoms with E-state index in [0.29, 0.717) is 6.61 Å². The normalized spacial score (nSPS) is 12.1. The summed E-state index contributed by atoms with van der Waals surface area (Å²) in [5.74, 6) is -0.152. The van der Waals surface area contributed by atoms with E-state index >= 15 is 0 Å². The smallest absolute Gasteiger partial charge is 0.306 e. The van der Waals surface area contributed by atoms with Crippen LogP contribution in [0.1, 0.15) is 387 Å². The maximum atomic E-state index is 14.2. The lowest BCUT2D eigenvalue weighted by molar-refractivity contribution is -0.149. The molecule has 0 aromatic heterocycles. The van der Waals surface area contributed by atoms with Crippen LogP contribution >= 0.6 is 0 Å². The standard InChI is InChI=1S/C68H133NO3/c1-5-9-13-17-21-22-23-24-25-26-27-28-29-30-31-32-33-34-35-36-37-38-39-40-41-42-43-44-45-46-47-48-49-50-51-52-53-57-61-66(65-67(70)72-64-60-56-20-16-12-8-4)68(71)69(62-58-54-18-14-10-6-2)63-59-55-19-15-11-7-3/h13,17,66H,5-12,14-16,18-65H2,1-4H3/b17-13+. The van der Waals surface area contributed by atoms with Crippen LogP contribution in [0.3, 0.4) is 0 Å². The highest BCUT2D eigenvalue weighted by Gasteiger charge is 2.27. The van der Waals surface area contributed by atoms with E-state index in [9.17, 15) is 9.59 Å². The van der Waals surface area contributed by atoms with Gasteiger partial charge in [-0.1, -0.05) is 348 Å². The minimum absolute atomic E-state index is 0.156. The monoisotopic (exact) mass is 1010 g/mol. The molecule has 428 valence electrons. The van der Waals surface area contributed by atoms with Crippen LogP contribution in [0.5, 0.6) is 0 Å². The van der Waals surface area contributed by atoms with Gasteiger partial charge >= 0.3 is 5.97 Å². The number of rotatable bonds is 62. The van der Waals surface area contributed by atoms with Gasteiger partial charge in [0.2, 0.25) is 5.91 Å². The summed E-state index contributed by atoms with van der Waals surface area (Å²) >= 11 is 0. The van der Waals surface area contributed by atoms with E-state index in [1.807, 2.05) is 0 Å². The summed E-state index contributed by atoms with van der Waals surface area (Å²) in [6.07, 6.45) is 78.3. The Bertz CT molecular complexity index is 1060. The predicted molar refractivity (Wildman–Crippen MR) is 321 cm³/mol. The second-order valence-corrected chi connectivity index (χ2v) is 23.3.